The van der Waals surface area contributed by atoms with Crippen LogP contribution in [0.2, 0.25) is 0 Å². The number of hydrogen-bond acceptors (Lipinski definition) is 4. The van der Waals surface area contributed by atoms with E-state index in [0.29, 0.717) is 0 Å². The monoisotopic (exact) mass is 321 g/mol. The summed E-state index contributed by atoms with van der Waals surface area (Å²) in [5.74, 6) is -1.88. The van der Waals surface area contributed by atoms with E-state index in [9.17, 15) is 9.59 Å². The van der Waals surface area contributed by atoms with E-state index in [4.69, 9.17) is 9.84 Å². The summed E-state index contributed by atoms with van der Waals surface area (Å²) in [5, 5.41) is 8.56. The Morgan fingerprint density at radius 2 is 1.78 bits per heavy atom. The van der Waals surface area contributed by atoms with Gasteiger partial charge in [-0.3, -0.25) is 9.59 Å². The fraction of sp³-hybridized carbons (Fsp3) is 0.556. The van der Waals surface area contributed by atoms with Crippen LogP contribution in [-0.4, -0.2) is 30.1 Å². The van der Waals surface area contributed by atoms with Gasteiger partial charge in [0.15, 0.2) is 0 Å². The van der Waals surface area contributed by atoms with Crippen molar-refractivity contribution < 1.29 is 19.4 Å². The molecule has 0 atom stereocenters. The van der Waals surface area contributed by atoms with Crippen molar-refractivity contribution >= 4 is 17.6 Å². The fourth-order valence-electron chi connectivity index (χ4n) is 2.25. The van der Waals surface area contributed by atoms with E-state index in [1.807, 2.05) is 18.2 Å². The van der Waals surface area contributed by atoms with E-state index >= 15 is 0 Å². The van der Waals surface area contributed by atoms with Crippen molar-refractivity contribution in [2.24, 2.45) is 0 Å². The fourth-order valence-corrected chi connectivity index (χ4v) is 2.25. The molecule has 1 aromatic rings. The molecule has 1 aromatic carbocycles. The van der Waals surface area contributed by atoms with Crippen LogP contribution in [0, 0.1) is 0 Å². The van der Waals surface area contributed by atoms with Crippen LogP contribution in [0.3, 0.4) is 0 Å². The molecule has 0 aliphatic rings. The maximum absolute atomic E-state index is 11.3. The van der Waals surface area contributed by atoms with Crippen molar-refractivity contribution in [1.29, 1.82) is 0 Å². The summed E-state index contributed by atoms with van der Waals surface area (Å²) in [6.07, 6.45) is 3.98. The molecule has 0 fully saturated rings. The number of carboxylic acid groups (broad SMARTS) is 1. The second-order valence-electron chi connectivity index (χ2n) is 5.60. The highest BCUT2D eigenvalue weighted by Crippen LogP contribution is 2.18. The summed E-state index contributed by atoms with van der Waals surface area (Å²) in [6.45, 7) is 6.49. The lowest BCUT2D eigenvalue weighted by atomic mass is 10.1. The highest BCUT2D eigenvalue weighted by molar-refractivity contribution is 5.90. The number of hydrogen-bond donors (Lipinski definition) is 1. The van der Waals surface area contributed by atoms with Gasteiger partial charge in [0.25, 0.3) is 0 Å². The average Bonchev–Trinajstić information content (AvgIpc) is 2.53. The van der Waals surface area contributed by atoms with E-state index in [-0.39, 0.29) is 6.61 Å². The Morgan fingerprint density at radius 1 is 1.13 bits per heavy atom. The summed E-state index contributed by atoms with van der Waals surface area (Å²) in [4.78, 5) is 24.1. The largest absolute Gasteiger partial charge is 0.481 e. The summed E-state index contributed by atoms with van der Waals surface area (Å²) in [7, 11) is 0. The second kappa shape index (κ2) is 10.6. The summed E-state index contributed by atoms with van der Waals surface area (Å²) < 4.78 is 5.00. The number of unbranched alkanes of at least 4 members (excludes halogenated alkanes) is 2. The highest BCUT2D eigenvalue weighted by atomic mass is 16.5. The van der Waals surface area contributed by atoms with Crippen molar-refractivity contribution in [3.63, 3.8) is 0 Å². The molecule has 0 spiro atoms. The molecule has 128 valence electrons. The molecule has 23 heavy (non-hydrogen) atoms. The Kier molecular flexibility index (Phi) is 8.80. The van der Waals surface area contributed by atoms with E-state index in [2.05, 4.69) is 24.8 Å². The van der Waals surface area contributed by atoms with Gasteiger partial charge < -0.3 is 14.7 Å². The maximum Gasteiger partial charge on any atom is 0.317 e. The van der Waals surface area contributed by atoms with Gasteiger partial charge in [-0.2, -0.15) is 0 Å². The molecular formula is C18H27NO4. The zero-order chi connectivity index (χ0) is 17.1. The van der Waals surface area contributed by atoms with Gasteiger partial charge in [-0.15, -0.1) is 0 Å². The molecule has 5 heteroatoms. The predicted molar refractivity (Wildman–Crippen MR) is 90.5 cm³/mol. The van der Waals surface area contributed by atoms with Crippen molar-refractivity contribution in [3.05, 3.63) is 29.8 Å². The van der Waals surface area contributed by atoms with Crippen LogP contribution in [-0.2, 0) is 20.9 Å². The van der Waals surface area contributed by atoms with Crippen molar-refractivity contribution in [1.82, 2.24) is 0 Å². The zero-order valence-corrected chi connectivity index (χ0v) is 14.1. The zero-order valence-electron chi connectivity index (χ0n) is 14.1. The van der Waals surface area contributed by atoms with Gasteiger partial charge >= 0.3 is 11.9 Å². The molecule has 0 unspecified atom stereocenters. The van der Waals surface area contributed by atoms with Gasteiger partial charge in [-0.1, -0.05) is 38.8 Å². The van der Waals surface area contributed by atoms with E-state index in [1.54, 1.807) is 0 Å². The molecule has 1 N–H and O–H groups in total. The third kappa shape index (κ3) is 7.68. The second-order valence-corrected chi connectivity index (χ2v) is 5.60. The van der Waals surface area contributed by atoms with Crippen LogP contribution in [0.25, 0.3) is 0 Å². The Morgan fingerprint density at radius 3 is 2.35 bits per heavy atom. The van der Waals surface area contributed by atoms with E-state index in [0.717, 1.165) is 50.0 Å². The third-order valence-electron chi connectivity index (χ3n) is 3.53. The molecule has 0 radical (unpaired) electrons. The molecule has 5 nitrogen and oxygen atoms in total. The Bertz CT molecular complexity index is 494. The summed E-state index contributed by atoms with van der Waals surface area (Å²) in [5.41, 5.74) is 2.00. The molecule has 0 aliphatic heterocycles. The number of anilines is 1. The molecule has 0 saturated heterocycles. The number of carbonyl (C=O) groups excluding carboxylic acids is 1. The number of nitrogens with zero attached hydrogens (tertiary/aromatic N) is 1. The molecule has 0 amide bonds. The summed E-state index contributed by atoms with van der Waals surface area (Å²) in [6, 6.07) is 7.91. The standard InChI is InChI=1S/C18H27NO4/c1-3-5-10-19(11-6-4-2)16-9-7-8-15(12-16)14-23-18(22)13-17(20)21/h7-9,12H,3-6,10-11,13-14H2,1-2H3,(H,20,21). The minimum Gasteiger partial charge on any atom is -0.481 e. The van der Waals surface area contributed by atoms with Gasteiger partial charge in [0.1, 0.15) is 13.0 Å². The van der Waals surface area contributed by atoms with Gasteiger partial charge in [0, 0.05) is 18.8 Å². The normalized spacial score (nSPS) is 10.3. The maximum atomic E-state index is 11.3. The lowest BCUT2D eigenvalue weighted by Crippen LogP contribution is -2.25. The number of carboxylic acids is 1. The first-order chi connectivity index (χ1) is 11.1. The topological polar surface area (TPSA) is 66.8 Å². The molecule has 0 saturated carbocycles. The molecular weight excluding hydrogens is 294 g/mol. The number of rotatable bonds is 11. The van der Waals surface area contributed by atoms with Crippen LogP contribution in [0.1, 0.15) is 51.5 Å². The number of carbonyl (C=O) groups is 2. The molecule has 0 heterocycles. The number of aliphatic carboxylic acids is 1. The van der Waals surface area contributed by atoms with Crippen molar-refractivity contribution in [2.75, 3.05) is 18.0 Å². The van der Waals surface area contributed by atoms with Gasteiger partial charge in [0.05, 0.1) is 0 Å². The smallest absolute Gasteiger partial charge is 0.317 e. The number of ether oxygens (including phenoxy) is 1. The average molecular weight is 321 g/mol. The first-order valence-corrected chi connectivity index (χ1v) is 8.28. The lowest BCUT2D eigenvalue weighted by molar-refractivity contribution is -0.152. The van der Waals surface area contributed by atoms with Crippen LogP contribution in [0.15, 0.2) is 24.3 Å². The molecule has 0 bridgehead atoms. The van der Waals surface area contributed by atoms with Crippen LogP contribution in [0.5, 0.6) is 0 Å². The first-order valence-electron chi connectivity index (χ1n) is 8.28. The highest BCUT2D eigenvalue weighted by Gasteiger charge is 2.10. The van der Waals surface area contributed by atoms with Crippen molar-refractivity contribution in [3.8, 4) is 0 Å². The Balaban J connectivity index is 2.68. The van der Waals surface area contributed by atoms with Crippen molar-refractivity contribution in [2.45, 2.75) is 52.6 Å². The van der Waals surface area contributed by atoms with E-state index in [1.165, 1.54) is 0 Å². The summed E-state index contributed by atoms with van der Waals surface area (Å²) >= 11 is 0. The molecule has 0 aliphatic carbocycles. The van der Waals surface area contributed by atoms with Gasteiger partial charge in [-0.05, 0) is 30.5 Å². The van der Waals surface area contributed by atoms with Crippen LogP contribution < -0.4 is 4.90 Å². The minimum atomic E-state index is -1.17. The van der Waals surface area contributed by atoms with Gasteiger partial charge in [-0.25, -0.2) is 0 Å². The SMILES string of the molecule is CCCCN(CCCC)c1cccc(COC(=O)CC(=O)O)c1. The Hall–Kier alpha value is -2.04. The molecule has 0 aromatic heterocycles. The minimum absolute atomic E-state index is 0.106. The Labute approximate surface area is 138 Å². The van der Waals surface area contributed by atoms with Crippen LogP contribution >= 0.6 is 0 Å². The number of benzene rings is 1. The molecule has 1 rings (SSSR count). The van der Waals surface area contributed by atoms with Crippen LogP contribution in [0.4, 0.5) is 5.69 Å². The first kappa shape index (κ1) is 19.0. The van der Waals surface area contributed by atoms with Gasteiger partial charge in [0.2, 0.25) is 0 Å². The third-order valence-corrected chi connectivity index (χ3v) is 3.53. The predicted octanol–water partition coefficient (Wildman–Crippen LogP) is 3.61. The quantitative estimate of drug-likeness (QED) is 0.498. The lowest BCUT2D eigenvalue weighted by Gasteiger charge is -2.25. The number of esters is 1. The van der Waals surface area contributed by atoms with E-state index < -0.39 is 18.4 Å².